The molecule has 0 bridgehead atoms. The number of carbonyl (C=O) groups excluding carboxylic acids is 1. The van der Waals surface area contributed by atoms with Crippen LogP contribution >= 0.6 is 0 Å². The topological polar surface area (TPSA) is 84.5 Å². The Hall–Kier alpha value is -2.38. The van der Waals surface area contributed by atoms with Crippen LogP contribution in [-0.2, 0) is 16.6 Å². The third-order valence-electron chi connectivity index (χ3n) is 3.35. The predicted molar refractivity (Wildman–Crippen MR) is 91.5 cm³/mol. The molecule has 0 radical (unpaired) electrons. The van der Waals surface area contributed by atoms with Gasteiger partial charge in [0.25, 0.3) is 5.91 Å². The minimum atomic E-state index is -3.73. The van der Waals surface area contributed by atoms with Crippen molar-refractivity contribution < 1.29 is 17.9 Å². The Bertz CT molecular complexity index is 805. The summed E-state index contributed by atoms with van der Waals surface area (Å²) in [6, 6.07) is 13.8. The first-order valence-corrected chi connectivity index (χ1v) is 8.96. The van der Waals surface area contributed by atoms with Gasteiger partial charge >= 0.3 is 0 Å². The van der Waals surface area contributed by atoms with Gasteiger partial charge in [-0.25, -0.2) is 13.1 Å². The van der Waals surface area contributed by atoms with E-state index >= 15 is 0 Å². The predicted octanol–water partition coefficient (Wildman–Crippen LogP) is 1.92. The summed E-state index contributed by atoms with van der Waals surface area (Å²) in [5.41, 5.74) is 1.21. The number of ether oxygens (including phenoxy) is 1. The molecule has 0 unspecified atom stereocenters. The molecular formula is C17H20N2O4S. The fraction of sp³-hybridized carbons (Fsp3) is 0.235. The summed E-state index contributed by atoms with van der Waals surface area (Å²) < 4.78 is 32.0. The van der Waals surface area contributed by atoms with Crippen LogP contribution in [0, 0.1) is 0 Å². The number of sulfonamides is 1. The molecule has 0 saturated heterocycles. The average molecular weight is 348 g/mol. The third-order valence-corrected chi connectivity index (χ3v) is 4.91. The lowest BCUT2D eigenvalue weighted by atomic mass is 10.2. The van der Waals surface area contributed by atoms with E-state index in [1.807, 2.05) is 30.3 Å². The minimum absolute atomic E-state index is 0.0563. The number of hydrogen-bond donors (Lipinski definition) is 2. The molecule has 0 saturated carbocycles. The van der Waals surface area contributed by atoms with Gasteiger partial charge < -0.3 is 10.1 Å². The molecule has 0 aliphatic heterocycles. The lowest BCUT2D eigenvalue weighted by Crippen LogP contribution is -2.26. The van der Waals surface area contributed by atoms with E-state index in [0.29, 0.717) is 6.54 Å². The quantitative estimate of drug-likeness (QED) is 0.801. The van der Waals surface area contributed by atoms with Crippen LogP contribution in [0.1, 0.15) is 22.8 Å². The van der Waals surface area contributed by atoms with E-state index in [1.165, 1.54) is 25.3 Å². The van der Waals surface area contributed by atoms with Gasteiger partial charge in [0.2, 0.25) is 10.0 Å². The van der Waals surface area contributed by atoms with E-state index < -0.39 is 10.0 Å². The van der Waals surface area contributed by atoms with Crippen LogP contribution < -0.4 is 14.8 Å². The molecule has 6 nitrogen and oxygen atoms in total. The number of benzene rings is 2. The highest BCUT2D eigenvalue weighted by molar-refractivity contribution is 7.89. The second kappa shape index (κ2) is 7.94. The van der Waals surface area contributed by atoms with Gasteiger partial charge in [-0.1, -0.05) is 37.3 Å². The number of amides is 1. The van der Waals surface area contributed by atoms with Gasteiger partial charge in [-0.3, -0.25) is 4.79 Å². The van der Waals surface area contributed by atoms with Crippen molar-refractivity contribution in [3.8, 4) is 5.75 Å². The van der Waals surface area contributed by atoms with Crippen molar-refractivity contribution in [1.29, 1.82) is 0 Å². The summed E-state index contributed by atoms with van der Waals surface area (Å²) in [5, 5.41) is 2.77. The van der Waals surface area contributed by atoms with Crippen LogP contribution in [0.25, 0.3) is 0 Å². The molecule has 7 heteroatoms. The monoisotopic (exact) mass is 348 g/mol. The molecule has 128 valence electrons. The smallest absolute Gasteiger partial charge is 0.251 e. The summed E-state index contributed by atoms with van der Waals surface area (Å²) in [7, 11) is -2.35. The molecule has 24 heavy (non-hydrogen) atoms. The Balaban J connectivity index is 2.23. The van der Waals surface area contributed by atoms with Crippen molar-refractivity contribution in [2.45, 2.75) is 18.4 Å². The maximum atomic E-state index is 12.3. The fourth-order valence-corrected chi connectivity index (χ4v) is 3.41. The molecule has 0 atom stereocenters. The number of methoxy groups -OCH3 is 1. The molecule has 2 rings (SSSR count). The van der Waals surface area contributed by atoms with Gasteiger partial charge in [0.05, 0.1) is 7.11 Å². The zero-order valence-corrected chi connectivity index (χ0v) is 14.4. The van der Waals surface area contributed by atoms with Gasteiger partial charge in [-0.2, -0.15) is 0 Å². The average Bonchev–Trinajstić information content (AvgIpc) is 2.60. The van der Waals surface area contributed by atoms with Crippen LogP contribution in [-0.4, -0.2) is 28.0 Å². The third kappa shape index (κ3) is 4.33. The Morgan fingerprint density at radius 2 is 1.83 bits per heavy atom. The zero-order chi connectivity index (χ0) is 17.6. The molecule has 0 heterocycles. The highest BCUT2D eigenvalue weighted by Crippen LogP contribution is 2.24. The summed E-state index contributed by atoms with van der Waals surface area (Å²) in [6.45, 7) is 2.29. The van der Waals surface area contributed by atoms with E-state index in [9.17, 15) is 13.2 Å². The molecule has 2 aromatic carbocycles. The highest BCUT2D eigenvalue weighted by Gasteiger charge is 2.20. The molecule has 0 fully saturated rings. The second-order valence-electron chi connectivity index (χ2n) is 5.04. The number of carbonyl (C=O) groups is 1. The van der Waals surface area contributed by atoms with E-state index in [-0.39, 0.29) is 28.7 Å². The summed E-state index contributed by atoms with van der Waals surface area (Å²) in [5.74, 6) is -0.162. The van der Waals surface area contributed by atoms with Gasteiger partial charge in [-0.05, 0) is 23.8 Å². The molecule has 0 aromatic heterocycles. The van der Waals surface area contributed by atoms with Crippen molar-refractivity contribution in [3.05, 3.63) is 59.7 Å². The van der Waals surface area contributed by atoms with Crippen molar-refractivity contribution in [2.75, 3.05) is 13.7 Å². The van der Waals surface area contributed by atoms with Crippen molar-refractivity contribution in [1.82, 2.24) is 10.0 Å². The SMILES string of the molecule is CCNS(=O)(=O)c1cc(C(=O)NCc2ccccc2)ccc1OC. The summed E-state index contributed by atoms with van der Waals surface area (Å²) in [6.07, 6.45) is 0. The largest absolute Gasteiger partial charge is 0.495 e. The van der Waals surface area contributed by atoms with Crippen LogP contribution in [0.5, 0.6) is 5.75 Å². The maximum Gasteiger partial charge on any atom is 0.251 e. The fourth-order valence-electron chi connectivity index (χ4n) is 2.18. The zero-order valence-electron chi connectivity index (χ0n) is 13.6. The standard InChI is InChI=1S/C17H20N2O4S/c1-3-19-24(21,22)16-11-14(9-10-15(16)23-2)17(20)18-12-13-7-5-4-6-8-13/h4-11,19H,3,12H2,1-2H3,(H,18,20). The van der Waals surface area contributed by atoms with E-state index in [1.54, 1.807) is 6.92 Å². The van der Waals surface area contributed by atoms with Crippen LogP contribution in [0.3, 0.4) is 0 Å². The minimum Gasteiger partial charge on any atom is -0.495 e. The molecule has 0 aliphatic rings. The Labute approximate surface area is 141 Å². The van der Waals surface area contributed by atoms with Crippen LogP contribution in [0.2, 0.25) is 0 Å². The van der Waals surface area contributed by atoms with E-state index in [2.05, 4.69) is 10.0 Å². The second-order valence-corrected chi connectivity index (χ2v) is 6.77. The molecule has 2 N–H and O–H groups in total. The first-order chi connectivity index (χ1) is 11.5. The molecule has 0 spiro atoms. The summed E-state index contributed by atoms with van der Waals surface area (Å²) >= 11 is 0. The molecular weight excluding hydrogens is 328 g/mol. The first kappa shape index (κ1) is 18.0. The highest BCUT2D eigenvalue weighted by atomic mass is 32.2. The molecule has 2 aromatic rings. The molecule has 0 aliphatic carbocycles. The van der Waals surface area contributed by atoms with Gasteiger partial charge in [0.1, 0.15) is 10.6 Å². The molecule has 1 amide bonds. The normalized spacial score (nSPS) is 11.1. The van der Waals surface area contributed by atoms with Gasteiger partial charge in [0, 0.05) is 18.7 Å². The Kier molecular flexibility index (Phi) is 5.94. The van der Waals surface area contributed by atoms with Crippen molar-refractivity contribution in [3.63, 3.8) is 0 Å². The van der Waals surface area contributed by atoms with Crippen LogP contribution in [0.15, 0.2) is 53.4 Å². The van der Waals surface area contributed by atoms with Crippen molar-refractivity contribution in [2.24, 2.45) is 0 Å². The number of nitrogens with one attached hydrogen (secondary N) is 2. The van der Waals surface area contributed by atoms with Gasteiger partial charge in [0.15, 0.2) is 0 Å². The van der Waals surface area contributed by atoms with E-state index in [4.69, 9.17) is 4.74 Å². The lowest BCUT2D eigenvalue weighted by molar-refractivity contribution is 0.0950. The Morgan fingerprint density at radius 1 is 1.12 bits per heavy atom. The lowest BCUT2D eigenvalue weighted by Gasteiger charge is -2.12. The number of hydrogen-bond acceptors (Lipinski definition) is 4. The van der Waals surface area contributed by atoms with Crippen LogP contribution in [0.4, 0.5) is 0 Å². The Morgan fingerprint density at radius 3 is 2.46 bits per heavy atom. The van der Waals surface area contributed by atoms with E-state index in [0.717, 1.165) is 5.56 Å². The van der Waals surface area contributed by atoms with Gasteiger partial charge in [-0.15, -0.1) is 0 Å². The van der Waals surface area contributed by atoms with Crippen molar-refractivity contribution >= 4 is 15.9 Å². The summed E-state index contributed by atoms with van der Waals surface area (Å²) in [4.78, 5) is 12.2. The number of rotatable bonds is 7. The first-order valence-electron chi connectivity index (χ1n) is 7.47. The maximum absolute atomic E-state index is 12.3.